The van der Waals surface area contributed by atoms with E-state index in [1.807, 2.05) is 0 Å². The second kappa shape index (κ2) is 11.6. The Kier molecular flexibility index (Phi) is 8.73. The lowest BCUT2D eigenvalue weighted by Crippen LogP contribution is -2.20. The van der Waals surface area contributed by atoms with Gasteiger partial charge in [0, 0.05) is 12.1 Å². The number of nitrogens with zero attached hydrogens (tertiary/aromatic N) is 2. The van der Waals surface area contributed by atoms with Gasteiger partial charge in [-0.15, -0.1) is 0 Å². The average molecular weight is 616 g/mol. The van der Waals surface area contributed by atoms with Crippen molar-refractivity contribution >= 4 is 43.9 Å². The third kappa shape index (κ3) is 7.29. The smallest absolute Gasteiger partial charge is 0.416 e. The highest BCUT2D eigenvalue weighted by molar-refractivity contribution is 9.10. The fourth-order valence-corrected chi connectivity index (χ4v) is 4.71. The van der Waals surface area contributed by atoms with Crippen LogP contribution in [-0.4, -0.2) is 32.6 Å². The maximum absolute atomic E-state index is 12.8. The number of methoxy groups -OCH3 is 1. The first-order chi connectivity index (χ1) is 17.8. The van der Waals surface area contributed by atoms with Crippen LogP contribution in [0.15, 0.2) is 75.1 Å². The lowest BCUT2D eigenvalue weighted by atomic mass is 10.1. The van der Waals surface area contributed by atoms with Crippen LogP contribution < -0.4 is 14.3 Å². The fraction of sp³-hybridized carbons (Fsp3) is 0.130. The highest BCUT2D eigenvalue weighted by Crippen LogP contribution is 2.38. The zero-order valence-corrected chi connectivity index (χ0v) is 21.6. The molecule has 0 bridgehead atoms. The van der Waals surface area contributed by atoms with Crippen LogP contribution in [0.25, 0.3) is 0 Å². The molecule has 0 aliphatic rings. The van der Waals surface area contributed by atoms with E-state index < -0.39 is 43.3 Å². The molecule has 200 valence electrons. The second-order valence-corrected chi connectivity index (χ2v) is 9.89. The highest BCUT2D eigenvalue weighted by atomic mass is 79.9. The van der Waals surface area contributed by atoms with Crippen molar-refractivity contribution in [2.45, 2.75) is 17.5 Å². The van der Waals surface area contributed by atoms with Gasteiger partial charge in [-0.3, -0.25) is 14.9 Å². The van der Waals surface area contributed by atoms with Gasteiger partial charge in [-0.05, 0) is 51.3 Å². The second-order valence-electron chi connectivity index (χ2n) is 7.49. The van der Waals surface area contributed by atoms with Gasteiger partial charge < -0.3 is 8.92 Å². The largest absolute Gasteiger partial charge is 0.493 e. The van der Waals surface area contributed by atoms with Gasteiger partial charge in [0.15, 0.2) is 11.5 Å². The molecule has 0 radical (unpaired) electrons. The van der Waals surface area contributed by atoms with Crippen molar-refractivity contribution in [2.75, 3.05) is 7.11 Å². The molecule has 3 rings (SSSR count). The van der Waals surface area contributed by atoms with Crippen LogP contribution in [0.3, 0.4) is 0 Å². The number of hydrazone groups is 1. The number of rotatable bonds is 9. The van der Waals surface area contributed by atoms with E-state index in [0.717, 1.165) is 30.3 Å². The quantitative estimate of drug-likeness (QED) is 0.157. The number of ether oxygens (including phenoxy) is 1. The summed E-state index contributed by atoms with van der Waals surface area (Å²) in [6.07, 6.45) is -3.70. The zero-order chi connectivity index (χ0) is 28.1. The molecule has 10 nitrogen and oxygen atoms in total. The van der Waals surface area contributed by atoms with E-state index in [0.29, 0.717) is 5.56 Å². The maximum Gasteiger partial charge on any atom is 0.416 e. The number of alkyl halides is 3. The molecule has 0 aromatic heterocycles. The summed E-state index contributed by atoms with van der Waals surface area (Å²) in [6.45, 7) is 0. The monoisotopic (exact) mass is 615 g/mol. The molecule has 0 aliphatic heterocycles. The Bertz CT molecular complexity index is 1510. The van der Waals surface area contributed by atoms with Gasteiger partial charge in [-0.2, -0.15) is 26.7 Å². The van der Waals surface area contributed by atoms with Crippen molar-refractivity contribution in [1.29, 1.82) is 0 Å². The normalized spacial score (nSPS) is 11.8. The number of hydrogen-bond acceptors (Lipinski definition) is 8. The molecule has 38 heavy (non-hydrogen) atoms. The molecule has 3 aromatic rings. The molecular weight excluding hydrogens is 599 g/mol. The van der Waals surface area contributed by atoms with Gasteiger partial charge in [0.25, 0.3) is 5.69 Å². The molecule has 0 atom stereocenters. The number of amides is 1. The maximum atomic E-state index is 12.8. The van der Waals surface area contributed by atoms with Crippen LogP contribution in [0.1, 0.15) is 16.7 Å². The van der Waals surface area contributed by atoms with E-state index >= 15 is 0 Å². The van der Waals surface area contributed by atoms with E-state index in [1.54, 1.807) is 0 Å². The van der Waals surface area contributed by atoms with E-state index in [4.69, 9.17) is 8.92 Å². The summed E-state index contributed by atoms with van der Waals surface area (Å²) in [7, 11) is -3.24. The van der Waals surface area contributed by atoms with E-state index in [1.165, 1.54) is 43.7 Å². The summed E-state index contributed by atoms with van der Waals surface area (Å²) in [6, 6.07) is 11.4. The summed E-state index contributed by atoms with van der Waals surface area (Å²) >= 11 is 3.17. The number of non-ortho nitro benzene ring substituents is 1. The number of carbonyl (C=O) groups is 1. The van der Waals surface area contributed by atoms with Crippen molar-refractivity contribution < 1.29 is 40.2 Å². The number of halogens is 4. The number of benzene rings is 3. The predicted molar refractivity (Wildman–Crippen MR) is 132 cm³/mol. The Labute approximate surface area is 222 Å². The summed E-state index contributed by atoms with van der Waals surface area (Å²) in [5.74, 6) is -0.968. The number of carbonyl (C=O) groups excluding carboxylic acids is 1. The summed E-state index contributed by atoms with van der Waals surface area (Å²) < 4.78 is 74.4. The summed E-state index contributed by atoms with van der Waals surface area (Å²) in [4.78, 5) is 21.9. The molecule has 0 saturated carbocycles. The highest BCUT2D eigenvalue weighted by Gasteiger charge is 2.30. The SMILES string of the molecule is COc1cc(/C=N\NC(=O)Cc2cccc(C(F)(F)F)c2)cc(Br)c1OS(=O)(=O)c1cccc([N+](=O)[O-])c1. The number of nitro groups is 1. The van der Waals surface area contributed by atoms with Gasteiger partial charge in [-0.1, -0.05) is 24.3 Å². The predicted octanol–water partition coefficient (Wildman–Crippen LogP) is 4.85. The van der Waals surface area contributed by atoms with Gasteiger partial charge in [-0.25, -0.2) is 5.43 Å². The van der Waals surface area contributed by atoms with Crippen molar-refractivity contribution in [1.82, 2.24) is 5.43 Å². The number of nitrogens with one attached hydrogen (secondary N) is 1. The molecule has 0 saturated heterocycles. The molecule has 1 amide bonds. The van der Waals surface area contributed by atoms with Crippen molar-refractivity contribution in [2.24, 2.45) is 5.10 Å². The van der Waals surface area contributed by atoms with Crippen molar-refractivity contribution in [3.63, 3.8) is 0 Å². The van der Waals surface area contributed by atoms with Crippen LogP contribution in [-0.2, 0) is 27.5 Å². The van der Waals surface area contributed by atoms with Crippen LogP contribution in [0.2, 0.25) is 0 Å². The van der Waals surface area contributed by atoms with Gasteiger partial charge in [0.2, 0.25) is 5.91 Å². The molecule has 0 heterocycles. The molecule has 0 aliphatic carbocycles. The minimum atomic E-state index is -4.54. The minimum absolute atomic E-state index is 0.0508. The molecule has 0 fully saturated rings. The molecule has 0 unspecified atom stereocenters. The Morgan fingerprint density at radius 1 is 1.16 bits per heavy atom. The first kappa shape index (κ1) is 28.6. The van der Waals surface area contributed by atoms with Gasteiger partial charge in [0.05, 0.1) is 34.7 Å². The average Bonchev–Trinajstić information content (AvgIpc) is 2.85. The zero-order valence-electron chi connectivity index (χ0n) is 19.2. The lowest BCUT2D eigenvalue weighted by Gasteiger charge is -2.13. The van der Waals surface area contributed by atoms with Crippen LogP contribution in [0, 0.1) is 10.1 Å². The first-order valence-electron chi connectivity index (χ1n) is 10.3. The summed E-state index contributed by atoms with van der Waals surface area (Å²) in [5.41, 5.74) is 1.34. The molecule has 15 heteroatoms. The Morgan fingerprint density at radius 2 is 1.87 bits per heavy atom. The van der Waals surface area contributed by atoms with Gasteiger partial charge in [0.1, 0.15) is 4.90 Å². The Balaban J connectivity index is 1.74. The van der Waals surface area contributed by atoms with Crippen LogP contribution in [0.5, 0.6) is 11.5 Å². The van der Waals surface area contributed by atoms with E-state index in [-0.39, 0.29) is 28.0 Å². The minimum Gasteiger partial charge on any atom is -0.493 e. The van der Waals surface area contributed by atoms with Crippen molar-refractivity contribution in [3.05, 3.63) is 91.9 Å². The fourth-order valence-electron chi connectivity index (χ4n) is 3.07. The molecule has 3 aromatic carbocycles. The third-order valence-electron chi connectivity index (χ3n) is 4.78. The third-order valence-corrected chi connectivity index (χ3v) is 6.59. The van der Waals surface area contributed by atoms with E-state index in [9.17, 15) is 36.5 Å². The standard InChI is InChI=1S/C23H17BrF3N3O7S/c1-36-20-10-15(13-28-29-21(31)11-14-4-2-5-16(8-14)23(25,26)27)9-19(24)22(20)37-38(34,35)18-7-3-6-17(12-18)30(32)33/h2-10,12-13H,11H2,1H3,(H,29,31)/b28-13-. The summed E-state index contributed by atoms with van der Waals surface area (Å²) in [5, 5.41) is 14.7. The first-order valence-corrected chi connectivity index (χ1v) is 12.5. The molecule has 0 spiro atoms. The van der Waals surface area contributed by atoms with E-state index in [2.05, 4.69) is 26.5 Å². The number of nitro benzene ring substituents is 1. The van der Waals surface area contributed by atoms with Gasteiger partial charge >= 0.3 is 16.3 Å². The molecular formula is C23H17BrF3N3O7S. The number of hydrogen-bond donors (Lipinski definition) is 1. The van der Waals surface area contributed by atoms with Crippen molar-refractivity contribution in [3.8, 4) is 11.5 Å². The topological polar surface area (TPSA) is 137 Å². The lowest BCUT2D eigenvalue weighted by molar-refractivity contribution is -0.385. The van der Waals surface area contributed by atoms with Crippen LogP contribution >= 0.6 is 15.9 Å². The molecule has 1 N–H and O–H groups in total. The Hall–Kier alpha value is -3.98. The Morgan fingerprint density at radius 3 is 2.53 bits per heavy atom. The van der Waals surface area contributed by atoms with Crippen LogP contribution in [0.4, 0.5) is 18.9 Å².